The third-order valence-corrected chi connectivity index (χ3v) is 9.31. The molecule has 1 unspecified atom stereocenters. The van der Waals surface area contributed by atoms with Crippen molar-refractivity contribution in [3.8, 4) is 0 Å². The lowest BCUT2D eigenvalue weighted by Gasteiger charge is -2.15. The Morgan fingerprint density at radius 2 is 0.787 bits per heavy atom. The van der Waals surface area contributed by atoms with E-state index in [0.717, 1.165) is 32.1 Å². The fraction of sp³-hybridized carbons (Fsp3) is 0.905. The minimum absolute atomic E-state index is 0.0613. The van der Waals surface area contributed by atoms with Crippen molar-refractivity contribution in [2.24, 2.45) is 0 Å². The van der Waals surface area contributed by atoms with Crippen molar-refractivity contribution < 1.29 is 24.2 Å². The van der Waals surface area contributed by atoms with E-state index in [1.54, 1.807) is 0 Å². The molecule has 0 fully saturated rings. The molecule has 0 rings (SSSR count). The Morgan fingerprint density at radius 3 is 1.15 bits per heavy atom. The molecule has 5 nitrogen and oxygen atoms in total. The zero-order chi connectivity index (χ0) is 34.3. The number of aliphatic hydroxyl groups excluding tert-OH is 1. The van der Waals surface area contributed by atoms with Crippen LogP contribution in [0, 0.1) is 0 Å². The highest BCUT2D eigenvalue weighted by molar-refractivity contribution is 5.70. The van der Waals surface area contributed by atoms with E-state index >= 15 is 0 Å². The molecule has 278 valence electrons. The minimum atomic E-state index is -0.767. The molecule has 0 aromatic carbocycles. The molecule has 1 atom stereocenters. The maximum Gasteiger partial charge on any atom is 0.306 e. The third kappa shape index (κ3) is 37.3. The molecule has 0 saturated carbocycles. The Hall–Kier alpha value is -1.36. The highest BCUT2D eigenvalue weighted by Crippen LogP contribution is 2.15. The lowest BCUT2D eigenvalue weighted by atomic mass is 10.0. The second-order valence-corrected chi connectivity index (χ2v) is 14.1. The smallest absolute Gasteiger partial charge is 0.306 e. The van der Waals surface area contributed by atoms with Gasteiger partial charge >= 0.3 is 11.9 Å². The van der Waals surface area contributed by atoms with Gasteiger partial charge in [-0.2, -0.15) is 0 Å². The summed E-state index contributed by atoms with van der Waals surface area (Å²) in [4.78, 5) is 24.3. The zero-order valence-corrected chi connectivity index (χ0v) is 31.6. The van der Waals surface area contributed by atoms with Gasteiger partial charge in [0, 0.05) is 12.8 Å². The fourth-order valence-electron chi connectivity index (χ4n) is 6.14. The molecule has 5 heteroatoms. The Bertz CT molecular complexity index is 676. The first-order valence-electron chi connectivity index (χ1n) is 20.7. The van der Waals surface area contributed by atoms with Gasteiger partial charge in [-0.25, -0.2) is 0 Å². The molecule has 0 aliphatic heterocycles. The number of hydrogen-bond donors (Lipinski definition) is 1. The topological polar surface area (TPSA) is 72.8 Å². The summed E-state index contributed by atoms with van der Waals surface area (Å²) in [7, 11) is 0. The van der Waals surface area contributed by atoms with Crippen molar-refractivity contribution in [1.29, 1.82) is 0 Å². The van der Waals surface area contributed by atoms with Crippen LogP contribution in [0.3, 0.4) is 0 Å². The highest BCUT2D eigenvalue weighted by Gasteiger charge is 2.16. The highest BCUT2D eigenvalue weighted by atomic mass is 16.6. The average Bonchev–Trinajstić information content (AvgIpc) is 3.07. The minimum Gasteiger partial charge on any atom is -0.462 e. The Balaban J connectivity index is 3.51. The summed E-state index contributed by atoms with van der Waals surface area (Å²) in [6.45, 7) is 4.15. The van der Waals surface area contributed by atoms with Crippen LogP contribution in [-0.2, 0) is 19.1 Å². The van der Waals surface area contributed by atoms with Crippen LogP contribution in [-0.4, -0.2) is 36.4 Å². The second kappa shape index (κ2) is 39.1. The van der Waals surface area contributed by atoms with Crippen molar-refractivity contribution in [2.45, 2.75) is 232 Å². The maximum absolute atomic E-state index is 12.2. The second-order valence-electron chi connectivity index (χ2n) is 14.1. The number of ether oxygens (including phenoxy) is 2. The average molecular weight is 665 g/mol. The van der Waals surface area contributed by atoms with Crippen LogP contribution in [0.4, 0.5) is 0 Å². The summed E-state index contributed by atoms with van der Waals surface area (Å²) >= 11 is 0. The third-order valence-electron chi connectivity index (χ3n) is 9.31. The monoisotopic (exact) mass is 665 g/mol. The number of aliphatic hydroxyl groups is 1. The molecule has 0 heterocycles. The van der Waals surface area contributed by atoms with Gasteiger partial charge in [-0.3, -0.25) is 9.59 Å². The molecule has 0 aliphatic carbocycles. The van der Waals surface area contributed by atoms with Gasteiger partial charge in [-0.1, -0.05) is 187 Å². The van der Waals surface area contributed by atoms with Crippen molar-refractivity contribution in [1.82, 2.24) is 0 Å². The largest absolute Gasteiger partial charge is 0.462 e. The quantitative estimate of drug-likeness (QED) is 0.0404. The lowest BCUT2D eigenvalue weighted by molar-refractivity contribution is -0.161. The van der Waals surface area contributed by atoms with Crippen molar-refractivity contribution in [3.63, 3.8) is 0 Å². The van der Waals surface area contributed by atoms with Gasteiger partial charge in [0.1, 0.15) is 6.61 Å². The Labute approximate surface area is 292 Å². The van der Waals surface area contributed by atoms with E-state index in [1.807, 2.05) is 0 Å². The van der Waals surface area contributed by atoms with Crippen LogP contribution in [0.15, 0.2) is 12.2 Å². The summed E-state index contributed by atoms with van der Waals surface area (Å²) in [6.07, 6.45) is 44.1. The molecular weight excluding hydrogens is 584 g/mol. The zero-order valence-electron chi connectivity index (χ0n) is 31.6. The number of carbonyl (C=O) groups is 2. The standard InChI is InChI=1S/C42H80O5/c1-3-5-7-9-11-13-15-17-19-21-23-25-27-29-31-33-35-37-42(45)47-40(38-43)39-46-41(44)36-34-32-30-28-26-24-22-20-18-16-14-12-10-8-6-4-2/h17,19,40,43H,3-16,18,20-39H2,1-2H3/b19-17-. The van der Waals surface area contributed by atoms with Gasteiger partial charge in [-0.05, 0) is 38.5 Å². The van der Waals surface area contributed by atoms with E-state index in [2.05, 4.69) is 26.0 Å². The molecule has 47 heavy (non-hydrogen) atoms. The first-order chi connectivity index (χ1) is 23.1. The van der Waals surface area contributed by atoms with Gasteiger partial charge in [0.15, 0.2) is 6.10 Å². The van der Waals surface area contributed by atoms with Gasteiger partial charge in [0.2, 0.25) is 0 Å². The first-order valence-corrected chi connectivity index (χ1v) is 20.7. The number of hydrogen-bond acceptors (Lipinski definition) is 5. The number of allylic oxidation sites excluding steroid dienone is 2. The Kier molecular flexibility index (Phi) is 38.0. The SMILES string of the molecule is CCCCCCCC/C=C\CCCCCCCCCC(=O)OC(CO)COC(=O)CCCCCCCCCCCCCCCCCC. The Morgan fingerprint density at radius 1 is 0.468 bits per heavy atom. The van der Waals surface area contributed by atoms with Crippen molar-refractivity contribution >= 4 is 11.9 Å². The molecule has 1 N–H and O–H groups in total. The number of unbranched alkanes of at least 4 members (excludes halogenated alkanes) is 28. The van der Waals surface area contributed by atoms with Gasteiger partial charge in [0.05, 0.1) is 6.61 Å². The summed E-state index contributed by atoms with van der Waals surface area (Å²) < 4.78 is 10.6. The van der Waals surface area contributed by atoms with Crippen LogP contribution in [0.25, 0.3) is 0 Å². The van der Waals surface area contributed by atoms with Crippen LogP contribution in [0.2, 0.25) is 0 Å². The number of carbonyl (C=O) groups excluding carboxylic acids is 2. The molecule has 0 aliphatic rings. The molecule has 0 bridgehead atoms. The lowest BCUT2D eigenvalue weighted by Crippen LogP contribution is -2.28. The maximum atomic E-state index is 12.2. The van der Waals surface area contributed by atoms with E-state index < -0.39 is 6.10 Å². The summed E-state index contributed by atoms with van der Waals surface area (Å²) in [5, 5.41) is 9.56. The predicted octanol–water partition coefficient (Wildman–Crippen LogP) is 12.9. The molecule has 0 saturated heterocycles. The molecule has 0 radical (unpaired) electrons. The molecular formula is C42H80O5. The predicted molar refractivity (Wildman–Crippen MR) is 201 cm³/mol. The summed E-state index contributed by atoms with van der Waals surface area (Å²) in [5.41, 5.74) is 0. The van der Waals surface area contributed by atoms with E-state index in [0.29, 0.717) is 12.8 Å². The van der Waals surface area contributed by atoms with Crippen LogP contribution in [0.1, 0.15) is 226 Å². The van der Waals surface area contributed by atoms with Gasteiger partial charge < -0.3 is 14.6 Å². The fourth-order valence-corrected chi connectivity index (χ4v) is 6.14. The van der Waals surface area contributed by atoms with E-state index in [4.69, 9.17) is 9.47 Å². The van der Waals surface area contributed by atoms with Gasteiger partial charge in [-0.15, -0.1) is 0 Å². The molecule has 0 amide bonds. The molecule has 0 aromatic heterocycles. The number of esters is 2. The summed E-state index contributed by atoms with van der Waals surface area (Å²) in [5.74, 6) is -0.584. The van der Waals surface area contributed by atoms with E-state index in [9.17, 15) is 14.7 Å². The van der Waals surface area contributed by atoms with Gasteiger partial charge in [0.25, 0.3) is 0 Å². The molecule has 0 spiro atoms. The first kappa shape index (κ1) is 45.6. The van der Waals surface area contributed by atoms with Crippen LogP contribution >= 0.6 is 0 Å². The van der Waals surface area contributed by atoms with E-state index in [1.165, 1.54) is 167 Å². The number of rotatable bonds is 38. The van der Waals surface area contributed by atoms with E-state index in [-0.39, 0.29) is 25.2 Å². The van der Waals surface area contributed by atoms with Crippen molar-refractivity contribution in [2.75, 3.05) is 13.2 Å². The summed E-state index contributed by atoms with van der Waals surface area (Å²) in [6, 6.07) is 0. The van der Waals surface area contributed by atoms with Crippen molar-refractivity contribution in [3.05, 3.63) is 12.2 Å². The molecule has 0 aromatic rings. The van der Waals surface area contributed by atoms with Crippen LogP contribution in [0.5, 0.6) is 0 Å². The van der Waals surface area contributed by atoms with Crippen LogP contribution < -0.4 is 0 Å². The normalized spacial score (nSPS) is 12.1.